The van der Waals surface area contributed by atoms with E-state index in [0.29, 0.717) is 6.04 Å². The molecule has 108 valence electrons. The molecule has 1 aromatic carbocycles. The zero-order chi connectivity index (χ0) is 14.2. The summed E-state index contributed by atoms with van der Waals surface area (Å²) < 4.78 is 1.15. The number of aryl methyl sites for hydroxylation is 1. The summed E-state index contributed by atoms with van der Waals surface area (Å²) in [5.41, 5.74) is 1.41. The van der Waals surface area contributed by atoms with E-state index >= 15 is 0 Å². The standard InChI is InChI=1S/C17H22BrNS/c1-2-19-16(5-3-6-17-7-4-12-20-17)13-14-8-10-15(18)11-9-14/h4,7-12,16,19H,2-3,5-6,13H2,1H3. The highest BCUT2D eigenvalue weighted by Crippen LogP contribution is 2.16. The van der Waals surface area contributed by atoms with Crippen molar-refractivity contribution < 1.29 is 0 Å². The third kappa shape index (κ3) is 5.39. The SMILES string of the molecule is CCNC(CCCc1cccs1)Cc1ccc(Br)cc1. The lowest BCUT2D eigenvalue weighted by Crippen LogP contribution is -2.31. The third-order valence-electron chi connectivity index (χ3n) is 3.44. The van der Waals surface area contributed by atoms with Crippen molar-refractivity contribution >= 4 is 27.3 Å². The second kappa shape index (κ2) is 8.60. The second-order valence-electron chi connectivity index (χ2n) is 5.06. The fourth-order valence-corrected chi connectivity index (χ4v) is 3.46. The van der Waals surface area contributed by atoms with Crippen molar-refractivity contribution in [3.8, 4) is 0 Å². The maximum Gasteiger partial charge on any atom is 0.0175 e. The van der Waals surface area contributed by atoms with Crippen LogP contribution in [0.5, 0.6) is 0 Å². The van der Waals surface area contributed by atoms with Gasteiger partial charge in [-0.1, -0.05) is 41.1 Å². The Morgan fingerprint density at radius 3 is 2.65 bits per heavy atom. The molecule has 0 saturated carbocycles. The number of hydrogen-bond acceptors (Lipinski definition) is 2. The maximum atomic E-state index is 3.62. The minimum absolute atomic E-state index is 0.584. The normalized spacial score (nSPS) is 12.5. The molecule has 1 nitrogen and oxygen atoms in total. The zero-order valence-corrected chi connectivity index (χ0v) is 14.3. The second-order valence-corrected chi connectivity index (χ2v) is 7.00. The molecule has 0 radical (unpaired) electrons. The molecule has 3 heteroatoms. The van der Waals surface area contributed by atoms with Crippen LogP contribution in [0.3, 0.4) is 0 Å². The van der Waals surface area contributed by atoms with Crippen LogP contribution in [0.15, 0.2) is 46.3 Å². The molecule has 2 rings (SSSR count). The highest BCUT2D eigenvalue weighted by Gasteiger charge is 2.08. The van der Waals surface area contributed by atoms with Crippen molar-refractivity contribution in [3.63, 3.8) is 0 Å². The van der Waals surface area contributed by atoms with E-state index < -0.39 is 0 Å². The van der Waals surface area contributed by atoms with E-state index in [1.807, 2.05) is 11.3 Å². The lowest BCUT2D eigenvalue weighted by molar-refractivity contribution is 0.477. The van der Waals surface area contributed by atoms with Gasteiger partial charge in [0.25, 0.3) is 0 Å². The fraction of sp³-hybridized carbons (Fsp3) is 0.412. The van der Waals surface area contributed by atoms with Gasteiger partial charge in [-0.05, 0) is 61.4 Å². The minimum Gasteiger partial charge on any atom is -0.314 e. The molecule has 0 aliphatic carbocycles. The number of hydrogen-bond donors (Lipinski definition) is 1. The van der Waals surface area contributed by atoms with Crippen LogP contribution in [-0.2, 0) is 12.8 Å². The van der Waals surface area contributed by atoms with Gasteiger partial charge < -0.3 is 5.32 Å². The average Bonchev–Trinajstić information content (AvgIpc) is 2.95. The van der Waals surface area contributed by atoms with Gasteiger partial charge >= 0.3 is 0 Å². The van der Waals surface area contributed by atoms with Crippen molar-refractivity contribution in [2.75, 3.05) is 6.54 Å². The van der Waals surface area contributed by atoms with Crippen molar-refractivity contribution in [2.24, 2.45) is 0 Å². The number of likely N-dealkylation sites (N-methyl/N-ethyl adjacent to an activating group) is 1. The number of halogens is 1. The largest absolute Gasteiger partial charge is 0.314 e. The van der Waals surface area contributed by atoms with E-state index in [0.717, 1.165) is 17.4 Å². The molecule has 1 atom stereocenters. The van der Waals surface area contributed by atoms with Crippen LogP contribution >= 0.6 is 27.3 Å². The number of rotatable bonds is 8. The molecule has 0 bridgehead atoms. The molecular weight excluding hydrogens is 330 g/mol. The summed E-state index contributed by atoms with van der Waals surface area (Å²) in [6, 6.07) is 13.7. The third-order valence-corrected chi connectivity index (χ3v) is 4.91. The Balaban J connectivity index is 1.81. The van der Waals surface area contributed by atoms with E-state index in [9.17, 15) is 0 Å². The summed E-state index contributed by atoms with van der Waals surface area (Å²) >= 11 is 5.36. The molecule has 0 spiro atoms. The molecule has 1 aromatic heterocycles. The molecule has 0 amide bonds. The highest BCUT2D eigenvalue weighted by molar-refractivity contribution is 9.10. The van der Waals surface area contributed by atoms with Crippen molar-refractivity contribution in [2.45, 2.75) is 38.6 Å². The lowest BCUT2D eigenvalue weighted by atomic mass is 10.0. The number of thiophene rings is 1. The van der Waals surface area contributed by atoms with Crippen LogP contribution in [0, 0.1) is 0 Å². The molecule has 0 fully saturated rings. The van der Waals surface area contributed by atoms with Crippen LogP contribution < -0.4 is 5.32 Å². The predicted octanol–water partition coefficient (Wildman–Crippen LogP) is 5.05. The van der Waals surface area contributed by atoms with Crippen LogP contribution in [0.25, 0.3) is 0 Å². The van der Waals surface area contributed by atoms with E-state index in [-0.39, 0.29) is 0 Å². The van der Waals surface area contributed by atoms with E-state index in [1.165, 1.54) is 29.7 Å². The van der Waals surface area contributed by atoms with Gasteiger partial charge in [0.15, 0.2) is 0 Å². The maximum absolute atomic E-state index is 3.62. The Bertz CT molecular complexity index is 478. The van der Waals surface area contributed by atoms with Crippen molar-refractivity contribution in [1.29, 1.82) is 0 Å². The van der Waals surface area contributed by atoms with Crippen LogP contribution in [0.1, 0.15) is 30.2 Å². The van der Waals surface area contributed by atoms with E-state index in [1.54, 1.807) is 0 Å². The van der Waals surface area contributed by atoms with Gasteiger partial charge in [-0.2, -0.15) is 0 Å². The fourth-order valence-electron chi connectivity index (χ4n) is 2.45. The summed E-state index contributed by atoms with van der Waals surface area (Å²) in [5, 5.41) is 5.78. The van der Waals surface area contributed by atoms with Gasteiger partial charge in [0.05, 0.1) is 0 Å². The van der Waals surface area contributed by atoms with E-state index in [2.05, 4.69) is 69.9 Å². The zero-order valence-electron chi connectivity index (χ0n) is 11.9. The van der Waals surface area contributed by atoms with Gasteiger partial charge in [-0.3, -0.25) is 0 Å². The number of nitrogens with one attached hydrogen (secondary N) is 1. The van der Waals surface area contributed by atoms with Gasteiger partial charge in [-0.15, -0.1) is 11.3 Å². The number of benzene rings is 1. The predicted molar refractivity (Wildman–Crippen MR) is 92.6 cm³/mol. The van der Waals surface area contributed by atoms with E-state index in [4.69, 9.17) is 0 Å². The molecule has 0 aliphatic rings. The Hall–Kier alpha value is -0.640. The summed E-state index contributed by atoms with van der Waals surface area (Å²) in [4.78, 5) is 1.50. The minimum atomic E-state index is 0.584. The molecular formula is C17H22BrNS. The first-order valence-electron chi connectivity index (χ1n) is 7.28. The van der Waals surface area contributed by atoms with Crippen LogP contribution in [0.2, 0.25) is 0 Å². The summed E-state index contributed by atoms with van der Waals surface area (Å²) in [5.74, 6) is 0. The molecule has 1 unspecified atom stereocenters. The summed E-state index contributed by atoms with van der Waals surface area (Å²) in [6.45, 7) is 3.23. The van der Waals surface area contributed by atoms with Gasteiger partial charge in [0.1, 0.15) is 0 Å². The van der Waals surface area contributed by atoms with Crippen molar-refractivity contribution in [1.82, 2.24) is 5.32 Å². The smallest absolute Gasteiger partial charge is 0.0175 e. The molecule has 1 N–H and O–H groups in total. The first-order chi connectivity index (χ1) is 9.78. The average molecular weight is 352 g/mol. The lowest BCUT2D eigenvalue weighted by Gasteiger charge is -2.18. The molecule has 2 aromatic rings. The summed E-state index contributed by atoms with van der Waals surface area (Å²) in [6.07, 6.45) is 4.82. The van der Waals surface area contributed by atoms with Gasteiger partial charge in [-0.25, -0.2) is 0 Å². The van der Waals surface area contributed by atoms with Gasteiger partial charge in [0.2, 0.25) is 0 Å². The Morgan fingerprint density at radius 1 is 1.20 bits per heavy atom. The Morgan fingerprint density at radius 2 is 2.00 bits per heavy atom. The molecule has 0 aliphatic heterocycles. The molecule has 1 heterocycles. The molecule has 20 heavy (non-hydrogen) atoms. The van der Waals surface area contributed by atoms with Crippen LogP contribution in [-0.4, -0.2) is 12.6 Å². The quantitative estimate of drug-likeness (QED) is 0.701. The monoisotopic (exact) mass is 351 g/mol. The first-order valence-corrected chi connectivity index (χ1v) is 8.95. The topological polar surface area (TPSA) is 12.0 Å². The Labute approximate surface area is 134 Å². The van der Waals surface area contributed by atoms with Crippen LogP contribution in [0.4, 0.5) is 0 Å². The highest BCUT2D eigenvalue weighted by atomic mass is 79.9. The van der Waals surface area contributed by atoms with Crippen molar-refractivity contribution in [3.05, 3.63) is 56.7 Å². The first kappa shape index (κ1) is 15.7. The molecule has 0 saturated heterocycles. The summed E-state index contributed by atoms with van der Waals surface area (Å²) in [7, 11) is 0. The Kier molecular flexibility index (Phi) is 6.77. The van der Waals surface area contributed by atoms with Gasteiger partial charge in [0, 0.05) is 15.4 Å².